The maximum atomic E-state index is 13.4. The number of furan rings is 1. The predicted molar refractivity (Wildman–Crippen MR) is 124 cm³/mol. The summed E-state index contributed by atoms with van der Waals surface area (Å²) < 4.78 is 33.0. The second-order valence-corrected chi connectivity index (χ2v) is 9.82. The summed E-state index contributed by atoms with van der Waals surface area (Å²) in [6.45, 7) is 9.00. The SMILES string of the molecule is CCN(CC)CCN(C(=O)N1CCN(C(=O)c2ccco2)CC1)S(=O)(=O)c1ccc(C)cc1. The fourth-order valence-corrected chi connectivity index (χ4v) is 5.12. The lowest BCUT2D eigenvalue weighted by Gasteiger charge is -2.37. The smallest absolute Gasteiger partial charge is 0.334 e. The molecule has 3 amide bonds. The van der Waals surface area contributed by atoms with Crippen molar-refractivity contribution in [2.45, 2.75) is 25.7 Å². The minimum absolute atomic E-state index is 0.0578. The van der Waals surface area contributed by atoms with Crippen LogP contribution in [0.5, 0.6) is 0 Å². The molecule has 1 aromatic heterocycles. The van der Waals surface area contributed by atoms with Crippen molar-refractivity contribution in [1.29, 1.82) is 0 Å². The van der Waals surface area contributed by atoms with E-state index in [1.54, 1.807) is 29.2 Å². The van der Waals surface area contributed by atoms with Gasteiger partial charge in [0.25, 0.3) is 15.9 Å². The van der Waals surface area contributed by atoms with Gasteiger partial charge in [0.05, 0.1) is 17.7 Å². The molecule has 0 spiro atoms. The normalized spacial score (nSPS) is 14.5. The topological polar surface area (TPSA) is 94.4 Å². The van der Waals surface area contributed by atoms with Crippen LogP contribution < -0.4 is 0 Å². The molecule has 0 atom stereocenters. The third-order valence-corrected chi connectivity index (χ3v) is 7.69. The number of rotatable bonds is 8. The first-order chi connectivity index (χ1) is 15.8. The van der Waals surface area contributed by atoms with Gasteiger partial charge in [0, 0.05) is 32.7 Å². The zero-order valence-corrected chi connectivity index (χ0v) is 20.3. The molecule has 33 heavy (non-hydrogen) atoms. The van der Waals surface area contributed by atoms with Gasteiger partial charge >= 0.3 is 6.03 Å². The summed E-state index contributed by atoms with van der Waals surface area (Å²) in [7, 11) is -4.02. The predicted octanol–water partition coefficient (Wildman–Crippen LogP) is 2.50. The van der Waals surface area contributed by atoms with Crippen LogP contribution in [0.4, 0.5) is 4.79 Å². The number of carbonyl (C=O) groups excluding carboxylic acids is 2. The van der Waals surface area contributed by atoms with E-state index in [2.05, 4.69) is 4.90 Å². The maximum absolute atomic E-state index is 13.4. The standard InChI is InChI=1S/C23H32N4O5S/c1-4-24(5-2)12-17-27(33(30,31)20-10-8-19(3)9-11-20)23(29)26-15-13-25(14-16-26)22(28)21-7-6-18-32-21/h6-11,18H,4-5,12-17H2,1-3H3. The van der Waals surface area contributed by atoms with E-state index in [0.717, 1.165) is 23.0 Å². The maximum Gasteiger partial charge on any atom is 0.334 e. The Morgan fingerprint density at radius 3 is 2.09 bits per heavy atom. The average molecular weight is 477 g/mol. The van der Waals surface area contributed by atoms with Crippen LogP contribution in [0.25, 0.3) is 0 Å². The summed E-state index contributed by atoms with van der Waals surface area (Å²) >= 11 is 0. The van der Waals surface area contributed by atoms with Gasteiger partial charge in [-0.1, -0.05) is 31.5 Å². The van der Waals surface area contributed by atoms with Crippen molar-refractivity contribution in [2.75, 3.05) is 52.4 Å². The highest BCUT2D eigenvalue weighted by Gasteiger charge is 2.35. The lowest BCUT2D eigenvalue weighted by atomic mass is 10.2. The van der Waals surface area contributed by atoms with Crippen LogP contribution in [0, 0.1) is 6.92 Å². The Labute approximate surface area is 195 Å². The van der Waals surface area contributed by atoms with Gasteiger partial charge in [0.2, 0.25) is 0 Å². The summed E-state index contributed by atoms with van der Waals surface area (Å²) in [5, 5.41) is 0. The Kier molecular flexibility index (Phi) is 8.15. The molecule has 1 aliphatic rings. The summed E-state index contributed by atoms with van der Waals surface area (Å²) in [5.41, 5.74) is 0.937. The Bertz CT molecular complexity index is 1030. The number of carbonyl (C=O) groups is 2. The third kappa shape index (κ3) is 5.75. The first-order valence-corrected chi connectivity index (χ1v) is 12.6. The van der Waals surface area contributed by atoms with Crippen molar-refractivity contribution >= 4 is 22.0 Å². The molecule has 0 bridgehead atoms. The van der Waals surface area contributed by atoms with E-state index in [9.17, 15) is 18.0 Å². The summed E-state index contributed by atoms with van der Waals surface area (Å²) in [6, 6.07) is 9.19. The van der Waals surface area contributed by atoms with Crippen molar-refractivity contribution in [3.05, 3.63) is 54.0 Å². The minimum Gasteiger partial charge on any atom is -0.459 e. The number of hydrogen-bond donors (Lipinski definition) is 0. The van der Waals surface area contributed by atoms with Gasteiger partial charge in [-0.15, -0.1) is 0 Å². The molecule has 0 saturated carbocycles. The third-order valence-electron chi connectivity index (χ3n) is 5.91. The highest BCUT2D eigenvalue weighted by atomic mass is 32.2. The van der Waals surface area contributed by atoms with E-state index in [4.69, 9.17) is 4.42 Å². The molecule has 0 aliphatic carbocycles. The van der Waals surface area contributed by atoms with Crippen molar-refractivity contribution in [2.24, 2.45) is 0 Å². The van der Waals surface area contributed by atoms with E-state index in [0.29, 0.717) is 19.6 Å². The van der Waals surface area contributed by atoms with Crippen LogP contribution in [-0.4, -0.2) is 91.7 Å². The Hall–Kier alpha value is -2.85. The van der Waals surface area contributed by atoms with E-state index in [-0.39, 0.29) is 36.2 Å². The number of piperazine rings is 1. The van der Waals surface area contributed by atoms with E-state index >= 15 is 0 Å². The van der Waals surface area contributed by atoms with E-state index in [1.807, 2.05) is 20.8 Å². The van der Waals surface area contributed by atoms with Crippen LogP contribution in [0.3, 0.4) is 0 Å². The highest BCUT2D eigenvalue weighted by Crippen LogP contribution is 2.20. The molecule has 1 saturated heterocycles. The molecule has 0 N–H and O–H groups in total. The Morgan fingerprint density at radius 2 is 1.55 bits per heavy atom. The molecular formula is C23H32N4O5S. The van der Waals surface area contributed by atoms with Gasteiger partial charge in [0.1, 0.15) is 0 Å². The second kappa shape index (κ2) is 10.8. The quantitative estimate of drug-likeness (QED) is 0.581. The van der Waals surface area contributed by atoms with Gasteiger partial charge in [0.15, 0.2) is 5.76 Å². The molecule has 2 aromatic rings. The molecule has 3 rings (SSSR count). The molecule has 1 aliphatic heterocycles. The number of nitrogens with zero attached hydrogens (tertiary/aromatic N) is 4. The van der Waals surface area contributed by atoms with Crippen LogP contribution in [0.2, 0.25) is 0 Å². The summed E-state index contributed by atoms with van der Waals surface area (Å²) in [4.78, 5) is 31.2. The number of benzene rings is 1. The lowest BCUT2D eigenvalue weighted by Crippen LogP contribution is -2.55. The van der Waals surface area contributed by atoms with Crippen molar-refractivity contribution in [1.82, 2.24) is 19.0 Å². The average Bonchev–Trinajstić information content (AvgIpc) is 3.36. The Morgan fingerprint density at radius 1 is 0.939 bits per heavy atom. The molecule has 1 aromatic carbocycles. The van der Waals surface area contributed by atoms with Crippen LogP contribution in [0.15, 0.2) is 52.0 Å². The zero-order valence-electron chi connectivity index (χ0n) is 19.4. The summed E-state index contributed by atoms with van der Waals surface area (Å²) in [6.07, 6.45) is 1.44. The Balaban J connectivity index is 1.76. The highest BCUT2D eigenvalue weighted by molar-refractivity contribution is 7.89. The van der Waals surface area contributed by atoms with Gasteiger partial charge < -0.3 is 19.1 Å². The molecule has 0 unspecified atom stereocenters. The molecule has 9 nitrogen and oxygen atoms in total. The second-order valence-electron chi connectivity index (χ2n) is 7.96. The number of amides is 3. The first kappa shape index (κ1) is 24.8. The largest absolute Gasteiger partial charge is 0.459 e. The monoisotopic (exact) mass is 476 g/mol. The zero-order chi connectivity index (χ0) is 24.0. The van der Waals surface area contributed by atoms with Crippen LogP contribution >= 0.6 is 0 Å². The molecule has 1 fully saturated rings. The first-order valence-electron chi connectivity index (χ1n) is 11.2. The molecule has 2 heterocycles. The molecule has 180 valence electrons. The number of sulfonamides is 1. The number of urea groups is 1. The van der Waals surface area contributed by atoms with E-state index in [1.165, 1.54) is 23.3 Å². The van der Waals surface area contributed by atoms with Crippen molar-refractivity contribution in [3.8, 4) is 0 Å². The number of hydrogen-bond acceptors (Lipinski definition) is 6. The lowest BCUT2D eigenvalue weighted by molar-refractivity contribution is 0.0622. The molecule has 10 heteroatoms. The summed E-state index contributed by atoms with van der Waals surface area (Å²) in [5.74, 6) is 0.00957. The fourth-order valence-electron chi connectivity index (χ4n) is 3.74. The molecule has 0 radical (unpaired) electrons. The number of aryl methyl sites for hydroxylation is 1. The van der Waals surface area contributed by atoms with E-state index < -0.39 is 16.1 Å². The van der Waals surface area contributed by atoms with Crippen molar-refractivity contribution < 1.29 is 22.4 Å². The van der Waals surface area contributed by atoms with Crippen LogP contribution in [0.1, 0.15) is 30.0 Å². The minimum atomic E-state index is -4.02. The molecular weight excluding hydrogens is 444 g/mol. The van der Waals surface area contributed by atoms with Gasteiger partial charge in [-0.2, -0.15) is 0 Å². The fraction of sp³-hybridized carbons (Fsp3) is 0.478. The number of likely N-dealkylation sites (N-methyl/N-ethyl adjacent to an activating group) is 1. The van der Waals surface area contributed by atoms with Gasteiger partial charge in [-0.05, 0) is 44.3 Å². The van der Waals surface area contributed by atoms with Crippen molar-refractivity contribution in [3.63, 3.8) is 0 Å². The van der Waals surface area contributed by atoms with Crippen LogP contribution in [-0.2, 0) is 10.0 Å². The van der Waals surface area contributed by atoms with Gasteiger partial charge in [-0.25, -0.2) is 17.5 Å². The van der Waals surface area contributed by atoms with Gasteiger partial charge in [-0.3, -0.25) is 4.79 Å².